The van der Waals surface area contributed by atoms with Crippen LogP contribution in [0.1, 0.15) is 21.6 Å². The van der Waals surface area contributed by atoms with Crippen LogP contribution in [0.15, 0.2) is 48.7 Å². The van der Waals surface area contributed by atoms with Crippen LogP contribution in [0, 0.1) is 0 Å². The topological polar surface area (TPSA) is 59.0 Å². The molecule has 0 radical (unpaired) electrons. The third-order valence-corrected chi connectivity index (χ3v) is 8.69. The number of hydrogen-bond donors (Lipinski definition) is 1. The number of fused-ring (bicyclic) bond motifs is 4. The van der Waals surface area contributed by atoms with Gasteiger partial charge >= 0.3 is 6.18 Å². The number of H-pyrrole nitrogens is 1. The summed E-state index contributed by atoms with van der Waals surface area (Å²) in [7, 11) is 1.92. The first-order valence-corrected chi connectivity index (χ1v) is 13.3. The van der Waals surface area contributed by atoms with Crippen molar-refractivity contribution in [2.24, 2.45) is 7.05 Å². The van der Waals surface area contributed by atoms with Gasteiger partial charge in [-0.3, -0.25) is 14.7 Å². The Labute approximate surface area is 220 Å². The Bertz CT molecular complexity index is 1680. The third-order valence-electron chi connectivity index (χ3n) is 7.50. The number of aromatic nitrogens is 4. The number of ether oxygens (including phenoxy) is 1. The zero-order chi connectivity index (χ0) is 26.0. The molecule has 1 aliphatic heterocycles. The van der Waals surface area contributed by atoms with Crippen LogP contribution in [0.5, 0.6) is 0 Å². The fourth-order valence-corrected chi connectivity index (χ4v) is 6.67. The van der Waals surface area contributed by atoms with Crippen molar-refractivity contribution in [1.29, 1.82) is 0 Å². The van der Waals surface area contributed by atoms with Crippen LogP contribution in [-0.2, 0) is 30.9 Å². The fourth-order valence-electron chi connectivity index (χ4n) is 5.50. The smallest absolute Gasteiger partial charge is 0.379 e. The van der Waals surface area contributed by atoms with Crippen LogP contribution >= 0.6 is 11.3 Å². The molecule has 1 N–H and O–H groups in total. The summed E-state index contributed by atoms with van der Waals surface area (Å²) in [5, 5.41) is 13.2. The second-order valence-electron chi connectivity index (χ2n) is 9.85. The highest BCUT2D eigenvalue weighted by Crippen LogP contribution is 2.47. The lowest BCUT2D eigenvalue weighted by molar-refractivity contribution is -0.138. The first-order chi connectivity index (χ1) is 18.3. The first kappa shape index (κ1) is 23.6. The van der Waals surface area contributed by atoms with Gasteiger partial charge in [-0.15, -0.1) is 11.3 Å². The molecule has 4 heterocycles. The van der Waals surface area contributed by atoms with Crippen molar-refractivity contribution in [3.05, 3.63) is 70.2 Å². The van der Waals surface area contributed by atoms with E-state index in [0.29, 0.717) is 43.9 Å². The van der Waals surface area contributed by atoms with E-state index in [2.05, 4.69) is 27.4 Å². The highest BCUT2D eigenvalue weighted by Gasteiger charge is 2.35. The summed E-state index contributed by atoms with van der Waals surface area (Å²) < 4.78 is 49.4. The molecule has 5 aromatic rings. The molecule has 0 saturated carbocycles. The monoisotopic (exact) mass is 535 g/mol. The van der Waals surface area contributed by atoms with E-state index in [1.54, 1.807) is 17.4 Å². The van der Waals surface area contributed by atoms with Gasteiger partial charge in [0.05, 0.1) is 41.9 Å². The molecular weight excluding hydrogens is 511 g/mol. The van der Waals surface area contributed by atoms with Crippen LogP contribution < -0.4 is 0 Å². The Morgan fingerprint density at radius 1 is 1.05 bits per heavy atom. The molecule has 0 atom stereocenters. The fraction of sp³-hybridized carbons (Fsp3) is 0.286. The van der Waals surface area contributed by atoms with E-state index in [1.165, 1.54) is 6.07 Å². The lowest BCUT2D eigenvalue weighted by Gasteiger charge is -2.27. The van der Waals surface area contributed by atoms with Crippen molar-refractivity contribution in [3.8, 4) is 33.0 Å². The summed E-state index contributed by atoms with van der Waals surface area (Å²) >= 11 is 1.55. The Morgan fingerprint density at radius 2 is 1.87 bits per heavy atom. The molecule has 6 nitrogen and oxygen atoms in total. The summed E-state index contributed by atoms with van der Waals surface area (Å²) in [6.45, 7) is 2.65. The van der Waals surface area contributed by atoms with Gasteiger partial charge in [0.15, 0.2) is 0 Å². The van der Waals surface area contributed by atoms with Gasteiger partial charge in [-0.2, -0.15) is 23.4 Å². The maximum Gasteiger partial charge on any atom is 0.416 e. The number of hydrogen-bond acceptors (Lipinski definition) is 5. The van der Waals surface area contributed by atoms with E-state index in [9.17, 15) is 13.2 Å². The molecule has 3 aromatic heterocycles. The summed E-state index contributed by atoms with van der Waals surface area (Å²) in [5.74, 6) is 0. The summed E-state index contributed by atoms with van der Waals surface area (Å²) in [4.78, 5) is 3.98. The first-order valence-electron chi connectivity index (χ1n) is 12.5. The standard InChI is InChI=1S/C28H24F3N5OS/c1-35-23-11-17(3-4-18(23)14-32-35)26-21-13-25-20(27(21)34-33-26)12-24(38-25)16-2-5-19(22(10-16)28(29,30)31)15-36-6-8-37-9-7-36/h2-5,10-12,14H,6-9,13,15H2,1H3,(H,33,34). The minimum absolute atomic E-state index is 0.268. The summed E-state index contributed by atoms with van der Waals surface area (Å²) in [6.07, 6.45) is -1.88. The number of benzene rings is 2. The molecule has 1 fully saturated rings. The van der Waals surface area contributed by atoms with Gasteiger partial charge in [0.1, 0.15) is 0 Å². The third kappa shape index (κ3) is 3.95. The average molecular weight is 536 g/mol. The molecule has 1 aliphatic carbocycles. The van der Waals surface area contributed by atoms with Crippen LogP contribution in [0.2, 0.25) is 0 Å². The quantitative estimate of drug-likeness (QED) is 0.296. The molecule has 0 amide bonds. The predicted octanol–water partition coefficient (Wildman–Crippen LogP) is 6.11. The number of rotatable bonds is 4. The Balaban J connectivity index is 1.21. The van der Waals surface area contributed by atoms with E-state index in [-0.39, 0.29) is 6.54 Å². The van der Waals surface area contributed by atoms with Crippen LogP contribution in [-0.4, -0.2) is 51.2 Å². The van der Waals surface area contributed by atoms with Crippen LogP contribution in [0.25, 0.3) is 43.9 Å². The van der Waals surface area contributed by atoms with E-state index in [1.807, 2.05) is 41.0 Å². The number of nitrogens with one attached hydrogen (secondary N) is 1. The molecule has 2 aliphatic rings. The molecule has 0 bridgehead atoms. The van der Waals surface area contributed by atoms with Gasteiger partial charge in [0.25, 0.3) is 0 Å². The van der Waals surface area contributed by atoms with Gasteiger partial charge in [0.2, 0.25) is 0 Å². The van der Waals surface area contributed by atoms with Crippen molar-refractivity contribution in [3.63, 3.8) is 0 Å². The molecule has 194 valence electrons. The van der Waals surface area contributed by atoms with Crippen molar-refractivity contribution in [2.75, 3.05) is 26.3 Å². The zero-order valence-corrected chi connectivity index (χ0v) is 21.4. The van der Waals surface area contributed by atoms with Gasteiger partial charge in [-0.05, 0) is 29.3 Å². The molecule has 38 heavy (non-hydrogen) atoms. The molecule has 7 rings (SSSR count). The Kier molecular flexibility index (Phi) is 5.47. The van der Waals surface area contributed by atoms with Gasteiger partial charge in [-0.25, -0.2) is 0 Å². The molecule has 0 spiro atoms. The largest absolute Gasteiger partial charge is 0.416 e. The molecular formula is C28H24F3N5OS. The Hall–Kier alpha value is -3.47. The number of nitrogens with zero attached hydrogens (tertiary/aromatic N) is 4. The normalized spacial score (nSPS) is 15.8. The number of alkyl halides is 3. The van der Waals surface area contributed by atoms with E-state index >= 15 is 0 Å². The predicted molar refractivity (Wildman–Crippen MR) is 141 cm³/mol. The van der Waals surface area contributed by atoms with Crippen molar-refractivity contribution in [2.45, 2.75) is 19.1 Å². The van der Waals surface area contributed by atoms with Gasteiger partial charge in [-0.1, -0.05) is 24.3 Å². The maximum absolute atomic E-state index is 14.1. The highest BCUT2D eigenvalue weighted by molar-refractivity contribution is 7.16. The zero-order valence-electron chi connectivity index (χ0n) is 20.6. The summed E-state index contributed by atoms with van der Waals surface area (Å²) in [6, 6.07) is 12.9. The minimum Gasteiger partial charge on any atom is -0.379 e. The maximum atomic E-state index is 14.1. The van der Waals surface area contributed by atoms with Gasteiger partial charge < -0.3 is 4.74 Å². The lowest BCUT2D eigenvalue weighted by Crippen LogP contribution is -2.36. The van der Waals surface area contributed by atoms with E-state index < -0.39 is 11.7 Å². The molecule has 10 heteroatoms. The Morgan fingerprint density at radius 3 is 2.68 bits per heavy atom. The van der Waals surface area contributed by atoms with Crippen molar-refractivity contribution >= 4 is 22.2 Å². The molecule has 2 aromatic carbocycles. The second kappa shape index (κ2) is 8.79. The van der Waals surface area contributed by atoms with Gasteiger partial charge in [0, 0.05) is 64.9 Å². The second-order valence-corrected chi connectivity index (χ2v) is 11.0. The van der Waals surface area contributed by atoms with Crippen LogP contribution in [0.3, 0.4) is 0 Å². The molecule has 1 saturated heterocycles. The minimum atomic E-state index is -4.42. The number of aromatic amines is 1. The summed E-state index contributed by atoms with van der Waals surface area (Å²) in [5.41, 5.74) is 6.37. The van der Waals surface area contributed by atoms with E-state index in [4.69, 9.17) is 4.74 Å². The van der Waals surface area contributed by atoms with E-state index in [0.717, 1.165) is 48.7 Å². The number of morpholine rings is 1. The number of thiophene rings is 1. The lowest BCUT2D eigenvalue weighted by atomic mass is 10.0. The SMILES string of the molecule is Cn1ncc2ccc(-c3n[nH]c4c3Cc3sc(-c5ccc(CN6CCOCC6)c(C(F)(F)F)c5)cc3-4)cc21. The average Bonchev–Trinajstić information content (AvgIpc) is 3.66. The number of aryl methyl sites for hydroxylation is 1. The molecule has 0 unspecified atom stereocenters. The highest BCUT2D eigenvalue weighted by atomic mass is 32.1. The van der Waals surface area contributed by atoms with Crippen molar-refractivity contribution < 1.29 is 17.9 Å². The number of halogens is 3. The van der Waals surface area contributed by atoms with Crippen molar-refractivity contribution in [1.82, 2.24) is 24.9 Å². The van der Waals surface area contributed by atoms with Crippen LogP contribution in [0.4, 0.5) is 13.2 Å².